The van der Waals surface area contributed by atoms with Gasteiger partial charge in [-0.25, -0.2) is 9.97 Å². The van der Waals surface area contributed by atoms with E-state index in [1.165, 1.54) is 0 Å². The van der Waals surface area contributed by atoms with E-state index in [-0.39, 0.29) is 5.75 Å². The van der Waals surface area contributed by atoms with Crippen molar-refractivity contribution in [3.05, 3.63) is 42.2 Å². The number of hydrogen-bond acceptors (Lipinski definition) is 6. The molecule has 1 saturated heterocycles. The third-order valence-corrected chi connectivity index (χ3v) is 5.15. The summed E-state index contributed by atoms with van der Waals surface area (Å²) in [7, 11) is 1.88. The Hall–Kier alpha value is -3.19. The summed E-state index contributed by atoms with van der Waals surface area (Å²) < 4.78 is 1.75. The van der Waals surface area contributed by atoms with Crippen LogP contribution in [0.3, 0.4) is 0 Å². The number of hydrogen-bond donors (Lipinski definition) is 2. The topological polar surface area (TPSA) is 79.1 Å². The molecule has 0 spiro atoms. The lowest BCUT2D eigenvalue weighted by molar-refractivity contribution is 0.474. The SMILES string of the molecule is Cc1c(O)c(-c2ccc3cc(N4CCNC4)cnc3n2)cc2cn(C)nc12. The van der Waals surface area contributed by atoms with Gasteiger partial charge < -0.3 is 10.0 Å². The number of nitrogens with zero attached hydrogens (tertiary/aromatic N) is 5. The molecule has 7 nitrogen and oxygen atoms in total. The number of benzene rings is 1. The molecule has 5 rings (SSSR count). The van der Waals surface area contributed by atoms with Gasteiger partial charge in [0.15, 0.2) is 5.65 Å². The average Bonchev–Trinajstić information content (AvgIpc) is 3.33. The molecule has 0 saturated carbocycles. The number of pyridine rings is 2. The van der Waals surface area contributed by atoms with Crippen LogP contribution in [0.15, 0.2) is 36.7 Å². The molecule has 4 aromatic rings. The molecule has 1 aliphatic rings. The highest BCUT2D eigenvalue weighted by Gasteiger charge is 2.16. The van der Waals surface area contributed by atoms with Crippen molar-refractivity contribution >= 4 is 27.6 Å². The van der Waals surface area contributed by atoms with Crippen LogP contribution in [0.4, 0.5) is 5.69 Å². The first kappa shape index (κ1) is 16.0. The molecule has 3 aromatic heterocycles. The Kier molecular flexibility index (Phi) is 3.51. The normalized spacial score (nSPS) is 14.5. The van der Waals surface area contributed by atoms with Crippen LogP contribution < -0.4 is 10.2 Å². The summed E-state index contributed by atoms with van der Waals surface area (Å²) in [6, 6.07) is 8.00. The maximum Gasteiger partial charge on any atom is 0.159 e. The summed E-state index contributed by atoms with van der Waals surface area (Å²) in [5.74, 6) is 0.216. The third-order valence-electron chi connectivity index (χ3n) is 5.15. The average molecular weight is 360 g/mol. The van der Waals surface area contributed by atoms with Crippen LogP contribution in [-0.2, 0) is 7.05 Å². The van der Waals surface area contributed by atoms with Crippen LogP contribution in [0, 0.1) is 6.92 Å². The minimum atomic E-state index is 0.216. The Bertz CT molecular complexity index is 1180. The molecule has 1 aromatic carbocycles. The van der Waals surface area contributed by atoms with E-state index >= 15 is 0 Å². The number of anilines is 1. The van der Waals surface area contributed by atoms with Crippen molar-refractivity contribution in [1.29, 1.82) is 0 Å². The van der Waals surface area contributed by atoms with Gasteiger partial charge in [-0.15, -0.1) is 0 Å². The van der Waals surface area contributed by atoms with Crippen molar-refractivity contribution in [2.45, 2.75) is 6.92 Å². The fraction of sp³-hybridized carbons (Fsp3) is 0.250. The van der Waals surface area contributed by atoms with Crippen LogP contribution in [0.25, 0.3) is 33.2 Å². The standard InChI is InChI=1S/C20H20N6O/c1-12-18-14(10-25(2)24-18)8-16(19(12)27)17-4-3-13-7-15(9-22-20(13)23-17)26-6-5-21-11-26/h3-4,7-10,21,27H,5-6,11H2,1-2H3. The predicted molar refractivity (Wildman–Crippen MR) is 106 cm³/mol. The van der Waals surface area contributed by atoms with Gasteiger partial charge in [0.1, 0.15) is 5.75 Å². The smallest absolute Gasteiger partial charge is 0.159 e. The lowest BCUT2D eigenvalue weighted by Gasteiger charge is -2.16. The van der Waals surface area contributed by atoms with Gasteiger partial charge in [-0.2, -0.15) is 5.10 Å². The first-order valence-electron chi connectivity index (χ1n) is 8.99. The summed E-state index contributed by atoms with van der Waals surface area (Å²) >= 11 is 0. The molecular formula is C20H20N6O. The molecule has 0 atom stereocenters. The molecule has 0 radical (unpaired) electrons. The molecule has 0 unspecified atom stereocenters. The fourth-order valence-corrected chi connectivity index (χ4v) is 3.69. The highest BCUT2D eigenvalue weighted by molar-refractivity contribution is 5.91. The Morgan fingerprint density at radius 1 is 1.19 bits per heavy atom. The van der Waals surface area contributed by atoms with E-state index in [1.54, 1.807) is 4.68 Å². The first-order chi connectivity index (χ1) is 13.1. The first-order valence-corrected chi connectivity index (χ1v) is 8.99. The van der Waals surface area contributed by atoms with Gasteiger partial charge in [-0.3, -0.25) is 10.00 Å². The quantitative estimate of drug-likeness (QED) is 0.572. The number of aromatic nitrogens is 4. The van der Waals surface area contributed by atoms with E-state index in [0.717, 1.165) is 47.3 Å². The van der Waals surface area contributed by atoms with Gasteiger partial charge in [-0.1, -0.05) is 0 Å². The molecule has 0 bridgehead atoms. The zero-order valence-corrected chi connectivity index (χ0v) is 15.3. The van der Waals surface area contributed by atoms with Crippen LogP contribution in [-0.4, -0.2) is 44.6 Å². The number of phenols is 1. The third kappa shape index (κ3) is 2.59. The number of aromatic hydroxyl groups is 1. The Morgan fingerprint density at radius 2 is 2.07 bits per heavy atom. The number of aryl methyl sites for hydroxylation is 2. The summed E-state index contributed by atoms with van der Waals surface area (Å²) in [6.45, 7) is 4.70. The molecule has 1 aliphatic heterocycles. The highest BCUT2D eigenvalue weighted by atomic mass is 16.3. The summed E-state index contributed by atoms with van der Waals surface area (Å²) in [5.41, 5.74) is 4.74. The minimum absolute atomic E-state index is 0.216. The number of fused-ring (bicyclic) bond motifs is 2. The van der Waals surface area contributed by atoms with E-state index in [1.807, 2.05) is 44.6 Å². The second-order valence-electron chi connectivity index (χ2n) is 7.00. The molecule has 2 N–H and O–H groups in total. The lowest BCUT2D eigenvalue weighted by atomic mass is 10.0. The minimum Gasteiger partial charge on any atom is -0.507 e. The van der Waals surface area contributed by atoms with E-state index < -0.39 is 0 Å². The van der Waals surface area contributed by atoms with Crippen molar-refractivity contribution < 1.29 is 5.11 Å². The summed E-state index contributed by atoms with van der Waals surface area (Å²) in [6.07, 6.45) is 3.81. The summed E-state index contributed by atoms with van der Waals surface area (Å²) in [5, 5.41) is 20.4. The second-order valence-corrected chi connectivity index (χ2v) is 7.00. The van der Waals surface area contributed by atoms with Gasteiger partial charge in [-0.05, 0) is 31.2 Å². The Morgan fingerprint density at radius 3 is 2.89 bits per heavy atom. The van der Waals surface area contributed by atoms with Crippen molar-refractivity contribution in [2.75, 3.05) is 24.7 Å². The predicted octanol–water partition coefficient (Wildman–Crippen LogP) is 2.56. The molecule has 27 heavy (non-hydrogen) atoms. The van der Waals surface area contributed by atoms with Gasteiger partial charge >= 0.3 is 0 Å². The fourth-order valence-electron chi connectivity index (χ4n) is 3.69. The molecule has 0 aliphatic carbocycles. The molecular weight excluding hydrogens is 340 g/mol. The van der Waals surface area contributed by atoms with Gasteiger partial charge in [0.25, 0.3) is 0 Å². The van der Waals surface area contributed by atoms with Gasteiger partial charge in [0, 0.05) is 48.2 Å². The molecule has 1 fully saturated rings. The zero-order valence-electron chi connectivity index (χ0n) is 15.3. The summed E-state index contributed by atoms with van der Waals surface area (Å²) in [4.78, 5) is 11.5. The van der Waals surface area contributed by atoms with Crippen LogP contribution in [0.5, 0.6) is 5.75 Å². The Labute approximate surface area is 156 Å². The van der Waals surface area contributed by atoms with Gasteiger partial charge in [0.05, 0.1) is 29.8 Å². The van der Waals surface area contributed by atoms with Gasteiger partial charge in [0.2, 0.25) is 0 Å². The van der Waals surface area contributed by atoms with E-state index in [0.29, 0.717) is 16.9 Å². The van der Waals surface area contributed by atoms with Crippen molar-refractivity contribution in [1.82, 2.24) is 25.1 Å². The monoisotopic (exact) mass is 360 g/mol. The van der Waals surface area contributed by atoms with Crippen molar-refractivity contribution in [3.8, 4) is 17.0 Å². The highest BCUT2D eigenvalue weighted by Crippen LogP contribution is 2.36. The van der Waals surface area contributed by atoms with Crippen LogP contribution in [0.1, 0.15) is 5.56 Å². The largest absolute Gasteiger partial charge is 0.507 e. The van der Waals surface area contributed by atoms with Crippen LogP contribution in [0.2, 0.25) is 0 Å². The van der Waals surface area contributed by atoms with Crippen LogP contribution >= 0.6 is 0 Å². The Balaban J connectivity index is 1.61. The number of phenolic OH excluding ortho intramolecular Hbond substituents is 1. The van der Waals surface area contributed by atoms with E-state index in [2.05, 4.69) is 26.4 Å². The molecule has 136 valence electrons. The number of nitrogens with one attached hydrogen (secondary N) is 1. The van der Waals surface area contributed by atoms with E-state index in [9.17, 15) is 5.11 Å². The second kappa shape index (κ2) is 5.92. The molecule has 7 heteroatoms. The molecule has 4 heterocycles. The zero-order chi connectivity index (χ0) is 18.5. The van der Waals surface area contributed by atoms with Crippen molar-refractivity contribution in [2.24, 2.45) is 7.05 Å². The maximum atomic E-state index is 10.7. The van der Waals surface area contributed by atoms with E-state index in [4.69, 9.17) is 4.98 Å². The maximum absolute atomic E-state index is 10.7. The van der Waals surface area contributed by atoms with Crippen molar-refractivity contribution in [3.63, 3.8) is 0 Å². The number of rotatable bonds is 2. The molecule has 0 amide bonds. The lowest BCUT2D eigenvalue weighted by Crippen LogP contribution is -2.21.